The van der Waals surface area contributed by atoms with E-state index in [-0.39, 0.29) is 17.5 Å². The fraction of sp³-hybridized carbons (Fsp3) is 0.304. The van der Waals surface area contributed by atoms with Crippen LogP contribution in [0.2, 0.25) is 5.02 Å². The molecule has 0 bridgehead atoms. The maximum atomic E-state index is 12.6. The zero-order valence-electron chi connectivity index (χ0n) is 17.8. The maximum absolute atomic E-state index is 12.6. The van der Waals surface area contributed by atoms with Crippen molar-refractivity contribution in [2.45, 2.75) is 37.9 Å². The summed E-state index contributed by atoms with van der Waals surface area (Å²) >= 11 is 6.06. The van der Waals surface area contributed by atoms with Crippen LogP contribution < -0.4 is 9.46 Å². The summed E-state index contributed by atoms with van der Waals surface area (Å²) in [5.74, 6) is 0.694. The first-order valence-corrected chi connectivity index (χ1v) is 11.8. The third kappa shape index (κ3) is 6.58. The van der Waals surface area contributed by atoms with E-state index in [0.29, 0.717) is 16.3 Å². The number of ether oxygens (including phenoxy) is 1. The quantitative estimate of drug-likeness (QED) is 0.476. The van der Waals surface area contributed by atoms with Crippen LogP contribution in [-0.2, 0) is 23.1 Å². The highest BCUT2D eigenvalue weighted by atomic mass is 35.5. The molecule has 1 atom stereocenters. The Labute approximate surface area is 188 Å². The molecule has 1 aromatic heterocycles. The van der Waals surface area contributed by atoms with Gasteiger partial charge in [0.1, 0.15) is 11.9 Å². The van der Waals surface area contributed by atoms with Crippen LogP contribution in [0.3, 0.4) is 0 Å². The summed E-state index contributed by atoms with van der Waals surface area (Å²) in [6, 6.07) is 14.6. The average molecular weight is 463 g/mol. The summed E-state index contributed by atoms with van der Waals surface area (Å²) < 4.78 is 38.9. The highest BCUT2D eigenvalue weighted by molar-refractivity contribution is 7.89. The first kappa shape index (κ1) is 23.3. The Morgan fingerprint density at radius 2 is 1.87 bits per heavy atom. The first-order valence-electron chi connectivity index (χ1n) is 9.94. The van der Waals surface area contributed by atoms with Crippen molar-refractivity contribution in [2.24, 2.45) is 0 Å². The van der Waals surface area contributed by atoms with Gasteiger partial charge in [0.25, 0.3) is 0 Å². The largest absolute Gasteiger partial charge is 0.489 e. The van der Waals surface area contributed by atoms with E-state index in [4.69, 9.17) is 20.8 Å². The second-order valence-electron chi connectivity index (χ2n) is 7.59. The zero-order chi connectivity index (χ0) is 22.4. The molecule has 3 aromatic rings. The fourth-order valence-electron chi connectivity index (χ4n) is 3.24. The van der Waals surface area contributed by atoms with Gasteiger partial charge >= 0.3 is 0 Å². The lowest BCUT2D eigenvalue weighted by atomic mass is 10.2. The monoisotopic (exact) mass is 462 g/mol. The molecule has 0 aliphatic heterocycles. The number of rotatable bonds is 10. The van der Waals surface area contributed by atoms with Crippen LogP contribution in [0.5, 0.6) is 5.75 Å². The van der Waals surface area contributed by atoms with Crippen molar-refractivity contribution >= 4 is 21.6 Å². The number of hydrogen-bond acceptors (Lipinski definition) is 5. The maximum Gasteiger partial charge on any atom is 0.241 e. The standard InChI is InChI=1S/C23H27ClN2O4S/c1-17(13-25-31(27,28)23-9-5-8-22(24)18(23)2)30-21-7-4-6-19(12-21)14-26(3)15-20-10-11-29-16-20/h4-12,16-17,25H,13-15H2,1-3H3/t17-/m1/s1. The molecule has 2 aromatic carbocycles. The molecule has 0 fully saturated rings. The van der Waals surface area contributed by atoms with Gasteiger partial charge in [-0.05, 0) is 62.4 Å². The SMILES string of the molecule is Cc1c(Cl)cccc1S(=O)(=O)NC[C@@H](C)Oc1cccc(CN(C)Cc2ccoc2)c1. The average Bonchev–Trinajstić information content (AvgIpc) is 3.21. The molecule has 166 valence electrons. The van der Waals surface area contributed by atoms with Gasteiger partial charge in [0, 0.05) is 30.2 Å². The molecule has 31 heavy (non-hydrogen) atoms. The third-order valence-electron chi connectivity index (χ3n) is 4.79. The Bertz CT molecular complexity index is 1100. The number of sulfonamides is 1. The molecule has 1 N–H and O–H groups in total. The first-order chi connectivity index (χ1) is 14.7. The van der Waals surface area contributed by atoms with E-state index in [0.717, 1.165) is 24.2 Å². The van der Waals surface area contributed by atoms with Crippen LogP contribution >= 0.6 is 11.6 Å². The third-order valence-corrected chi connectivity index (χ3v) is 6.77. The molecular formula is C23H27ClN2O4S. The van der Waals surface area contributed by atoms with E-state index in [1.807, 2.05) is 44.3 Å². The molecule has 8 heteroatoms. The second-order valence-corrected chi connectivity index (χ2v) is 9.74. The Morgan fingerprint density at radius 1 is 1.13 bits per heavy atom. The van der Waals surface area contributed by atoms with E-state index in [2.05, 4.69) is 9.62 Å². The van der Waals surface area contributed by atoms with E-state index >= 15 is 0 Å². The molecule has 1 heterocycles. The van der Waals surface area contributed by atoms with Crippen LogP contribution in [0.4, 0.5) is 0 Å². The summed E-state index contributed by atoms with van der Waals surface area (Å²) in [6.07, 6.45) is 3.05. The van der Waals surface area contributed by atoms with Gasteiger partial charge in [-0.15, -0.1) is 0 Å². The van der Waals surface area contributed by atoms with Crippen molar-refractivity contribution < 1.29 is 17.6 Å². The van der Waals surface area contributed by atoms with Crippen LogP contribution in [0.1, 0.15) is 23.6 Å². The Kier molecular flexibility index (Phi) is 7.78. The summed E-state index contributed by atoms with van der Waals surface area (Å²) in [6.45, 7) is 5.18. The molecule has 0 aliphatic carbocycles. The van der Waals surface area contributed by atoms with E-state index in [9.17, 15) is 8.42 Å². The van der Waals surface area contributed by atoms with E-state index < -0.39 is 10.0 Å². The van der Waals surface area contributed by atoms with Gasteiger partial charge in [0.15, 0.2) is 0 Å². The normalized spacial score (nSPS) is 12.8. The topological polar surface area (TPSA) is 71.8 Å². The van der Waals surface area contributed by atoms with Crippen LogP contribution in [0.25, 0.3) is 0 Å². The van der Waals surface area contributed by atoms with Gasteiger partial charge in [0.05, 0.1) is 17.4 Å². The molecule has 0 unspecified atom stereocenters. The zero-order valence-corrected chi connectivity index (χ0v) is 19.4. The second kappa shape index (κ2) is 10.3. The number of hydrogen-bond donors (Lipinski definition) is 1. The summed E-state index contributed by atoms with van der Waals surface area (Å²) in [5, 5.41) is 0.418. The lowest BCUT2D eigenvalue weighted by Gasteiger charge is -2.19. The van der Waals surface area contributed by atoms with Crippen molar-refractivity contribution in [3.63, 3.8) is 0 Å². The minimum absolute atomic E-state index is 0.138. The van der Waals surface area contributed by atoms with Crippen LogP contribution in [-0.4, -0.2) is 33.0 Å². The van der Waals surface area contributed by atoms with Gasteiger partial charge in [-0.1, -0.05) is 29.8 Å². The lowest BCUT2D eigenvalue weighted by Crippen LogP contribution is -2.34. The Balaban J connectivity index is 1.56. The molecule has 0 spiro atoms. The van der Waals surface area contributed by atoms with Crippen molar-refractivity contribution in [2.75, 3.05) is 13.6 Å². The van der Waals surface area contributed by atoms with Crippen molar-refractivity contribution in [1.82, 2.24) is 9.62 Å². The minimum atomic E-state index is -3.68. The van der Waals surface area contributed by atoms with Gasteiger partial charge in [-0.25, -0.2) is 13.1 Å². The molecule has 0 radical (unpaired) electrons. The van der Waals surface area contributed by atoms with Gasteiger partial charge < -0.3 is 9.15 Å². The number of furan rings is 1. The predicted octanol–water partition coefficient (Wildman–Crippen LogP) is 4.62. The summed E-state index contributed by atoms with van der Waals surface area (Å²) in [5.41, 5.74) is 2.74. The van der Waals surface area contributed by atoms with Gasteiger partial charge in [-0.2, -0.15) is 0 Å². The number of benzene rings is 2. The van der Waals surface area contributed by atoms with Crippen molar-refractivity contribution in [3.8, 4) is 5.75 Å². The highest BCUT2D eigenvalue weighted by Gasteiger charge is 2.19. The molecular weight excluding hydrogens is 436 g/mol. The Hall–Kier alpha value is -2.32. The number of halogens is 1. The molecule has 3 rings (SSSR count). The van der Waals surface area contributed by atoms with E-state index in [1.54, 1.807) is 37.6 Å². The van der Waals surface area contributed by atoms with Crippen LogP contribution in [0.15, 0.2) is 70.4 Å². The molecule has 0 saturated heterocycles. The smallest absolute Gasteiger partial charge is 0.241 e. The molecule has 6 nitrogen and oxygen atoms in total. The number of nitrogens with zero attached hydrogens (tertiary/aromatic N) is 1. The van der Waals surface area contributed by atoms with Crippen LogP contribution in [0, 0.1) is 6.92 Å². The molecule has 0 amide bonds. The highest BCUT2D eigenvalue weighted by Crippen LogP contribution is 2.23. The molecule has 0 saturated carbocycles. The summed E-state index contributed by atoms with van der Waals surface area (Å²) in [4.78, 5) is 2.35. The van der Waals surface area contributed by atoms with Crippen molar-refractivity contribution in [1.29, 1.82) is 0 Å². The van der Waals surface area contributed by atoms with Gasteiger partial charge in [-0.3, -0.25) is 4.90 Å². The van der Waals surface area contributed by atoms with E-state index in [1.165, 1.54) is 0 Å². The molecule has 0 aliphatic rings. The summed E-state index contributed by atoms with van der Waals surface area (Å²) in [7, 11) is -1.64. The van der Waals surface area contributed by atoms with Gasteiger partial charge in [0.2, 0.25) is 10.0 Å². The fourth-order valence-corrected chi connectivity index (χ4v) is 4.85. The minimum Gasteiger partial charge on any atom is -0.489 e. The number of nitrogens with one attached hydrogen (secondary N) is 1. The van der Waals surface area contributed by atoms with Crippen molar-refractivity contribution in [3.05, 3.63) is 82.8 Å². The Morgan fingerprint density at radius 3 is 2.61 bits per heavy atom. The lowest BCUT2D eigenvalue weighted by molar-refractivity contribution is 0.224. The predicted molar refractivity (Wildman–Crippen MR) is 122 cm³/mol.